The molecule has 1 aromatic carbocycles. The molecule has 0 bridgehead atoms. The van der Waals surface area contributed by atoms with Crippen LogP contribution in [0.2, 0.25) is 0 Å². The maximum atomic E-state index is 8.50. The molecule has 0 radical (unpaired) electrons. The molecule has 0 spiro atoms. The Morgan fingerprint density at radius 1 is 1.08 bits per heavy atom. The van der Waals surface area contributed by atoms with Crippen LogP contribution in [0, 0.1) is 0 Å². The van der Waals surface area contributed by atoms with Gasteiger partial charge in [0.05, 0.1) is 6.61 Å². The SMILES string of the molecule is OCCCOCCc1ccccc1. The first-order valence-corrected chi connectivity index (χ1v) is 4.66. The molecule has 0 atom stereocenters. The number of hydrogen-bond acceptors (Lipinski definition) is 2. The van der Waals surface area contributed by atoms with Gasteiger partial charge in [-0.1, -0.05) is 30.3 Å². The summed E-state index contributed by atoms with van der Waals surface area (Å²) in [7, 11) is 0. The normalized spacial score (nSPS) is 10.2. The quantitative estimate of drug-likeness (QED) is 0.674. The van der Waals surface area contributed by atoms with Gasteiger partial charge < -0.3 is 9.84 Å². The largest absolute Gasteiger partial charge is 0.396 e. The van der Waals surface area contributed by atoms with Gasteiger partial charge in [-0.05, 0) is 18.4 Å². The van der Waals surface area contributed by atoms with E-state index in [9.17, 15) is 0 Å². The van der Waals surface area contributed by atoms with E-state index in [4.69, 9.17) is 9.84 Å². The molecule has 1 rings (SSSR count). The van der Waals surface area contributed by atoms with Gasteiger partial charge in [-0.15, -0.1) is 0 Å². The highest BCUT2D eigenvalue weighted by Crippen LogP contribution is 1.99. The molecule has 2 heteroatoms. The van der Waals surface area contributed by atoms with Gasteiger partial charge in [0.2, 0.25) is 0 Å². The molecule has 0 saturated heterocycles. The maximum absolute atomic E-state index is 8.50. The lowest BCUT2D eigenvalue weighted by molar-refractivity contribution is 0.118. The van der Waals surface area contributed by atoms with Crippen molar-refractivity contribution in [3.05, 3.63) is 35.9 Å². The third-order valence-electron chi connectivity index (χ3n) is 1.82. The first kappa shape index (κ1) is 10.2. The van der Waals surface area contributed by atoms with Gasteiger partial charge in [-0.2, -0.15) is 0 Å². The van der Waals surface area contributed by atoms with E-state index in [1.807, 2.05) is 18.2 Å². The molecule has 72 valence electrons. The number of hydrogen-bond donors (Lipinski definition) is 1. The second-order valence-corrected chi connectivity index (χ2v) is 2.93. The van der Waals surface area contributed by atoms with Crippen molar-refractivity contribution in [1.82, 2.24) is 0 Å². The average Bonchev–Trinajstić information content (AvgIpc) is 2.19. The van der Waals surface area contributed by atoms with E-state index < -0.39 is 0 Å². The van der Waals surface area contributed by atoms with Crippen LogP contribution in [-0.4, -0.2) is 24.9 Å². The summed E-state index contributed by atoms with van der Waals surface area (Å²) in [6.07, 6.45) is 1.68. The molecule has 1 aromatic rings. The molecule has 0 heterocycles. The standard InChI is InChI=1S/C11H16O2/c12-8-4-9-13-10-7-11-5-2-1-3-6-11/h1-3,5-6,12H,4,7-10H2. The molecule has 0 amide bonds. The molecule has 0 saturated carbocycles. The second-order valence-electron chi connectivity index (χ2n) is 2.93. The molecule has 0 unspecified atom stereocenters. The van der Waals surface area contributed by atoms with E-state index in [2.05, 4.69) is 12.1 Å². The van der Waals surface area contributed by atoms with Gasteiger partial charge in [0.25, 0.3) is 0 Å². The van der Waals surface area contributed by atoms with Crippen molar-refractivity contribution in [2.45, 2.75) is 12.8 Å². The number of rotatable bonds is 6. The van der Waals surface area contributed by atoms with Gasteiger partial charge in [0.15, 0.2) is 0 Å². The van der Waals surface area contributed by atoms with Crippen molar-refractivity contribution in [2.24, 2.45) is 0 Å². The van der Waals surface area contributed by atoms with Crippen LogP contribution in [0.4, 0.5) is 0 Å². The third-order valence-corrected chi connectivity index (χ3v) is 1.82. The number of aliphatic hydroxyl groups is 1. The van der Waals surface area contributed by atoms with E-state index in [-0.39, 0.29) is 6.61 Å². The average molecular weight is 180 g/mol. The van der Waals surface area contributed by atoms with Crippen LogP contribution in [-0.2, 0) is 11.2 Å². The predicted octanol–water partition coefficient (Wildman–Crippen LogP) is 1.63. The first-order valence-electron chi connectivity index (χ1n) is 4.66. The Bertz CT molecular complexity index is 209. The fraction of sp³-hybridized carbons (Fsp3) is 0.455. The number of benzene rings is 1. The Morgan fingerprint density at radius 2 is 1.85 bits per heavy atom. The summed E-state index contributed by atoms with van der Waals surface area (Å²) in [6, 6.07) is 10.3. The van der Waals surface area contributed by atoms with Gasteiger partial charge >= 0.3 is 0 Å². The van der Waals surface area contributed by atoms with Crippen LogP contribution in [0.15, 0.2) is 30.3 Å². The van der Waals surface area contributed by atoms with E-state index in [0.717, 1.165) is 19.4 Å². The summed E-state index contributed by atoms with van der Waals surface area (Å²) in [4.78, 5) is 0. The highest BCUT2D eigenvalue weighted by molar-refractivity contribution is 5.14. The van der Waals surface area contributed by atoms with E-state index >= 15 is 0 Å². The van der Waals surface area contributed by atoms with Crippen molar-refractivity contribution in [3.63, 3.8) is 0 Å². The van der Waals surface area contributed by atoms with Crippen LogP contribution < -0.4 is 0 Å². The summed E-state index contributed by atoms with van der Waals surface area (Å²) in [5.74, 6) is 0. The maximum Gasteiger partial charge on any atom is 0.0506 e. The summed E-state index contributed by atoms with van der Waals surface area (Å²) in [5.41, 5.74) is 1.30. The van der Waals surface area contributed by atoms with Gasteiger partial charge in [0.1, 0.15) is 0 Å². The minimum atomic E-state index is 0.214. The zero-order chi connectivity index (χ0) is 9.36. The minimum absolute atomic E-state index is 0.214. The van der Waals surface area contributed by atoms with Gasteiger partial charge in [0, 0.05) is 13.2 Å². The summed E-state index contributed by atoms with van der Waals surface area (Å²) >= 11 is 0. The molecule has 1 N–H and O–H groups in total. The Morgan fingerprint density at radius 3 is 2.54 bits per heavy atom. The molecule has 0 aliphatic carbocycles. The van der Waals surface area contributed by atoms with Crippen LogP contribution in [0.3, 0.4) is 0 Å². The Kier molecular flexibility index (Phi) is 5.22. The molecule has 0 fully saturated rings. The van der Waals surface area contributed by atoms with Crippen molar-refractivity contribution in [3.8, 4) is 0 Å². The fourth-order valence-electron chi connectivity index (χ4n) is 1.10. The summed E-state index contributed by atoms with van der Waals surface area (Å²) in [6.45, 7) is 1.61. The summed E-state index contributed by atoms with van der Waals surface area (Å²) in [5, 5.41) is 8.50. The van der Waals surface area contributed by atoms with E-state index in [1.54, 1.807) is 0 Å². The molecule has 0 aliphatic heterocycles. The first-order chi connectivity index (χ1) is 6.43. The molecule has 0 aliphatic rings. The monoisotopic (exact) mass is 180 g/mol. The molecule has 0 aromatic heterocycles. The van der Waals surface area contributed by atoms with E-state index in [1.165, 1.54) is 5.56 Å². The fourth-order valence-corrected chi connectivity index (χ4v) is 1.10. The Labute approximate surface area is 79.2 Å². The Balaban J connectivity index is 2.07. The van der Waals surface area contributed by atoms with Gasteiger partial charge in [-0.3, -0.25) is 0 Å². The Hall–Kier alpha value is -0.860. The smallest absolute Gasteiger partial charge is 0.0506 e. The molecule has 2 nitrogen and oxygen atoms in total. The number of ether oxygens (including phenoxy) is 1. The van der Waals surface area contributed by atoms with E-state index in [0.29, 0.717) is 6.61 Å². The van der Waals surface area contributed by atoms with Crippen LogP contribution in [0.25, 0.3) is 0 Å². The van der Waals surface area contributed by atoms with Crippen molar-refractivity contribution >= 4 is 0 Å². The summed E-state index contributed by atoms with van der Waals surface area (Å²) < 4.78 is 5.32. The van der Waals surface area contributed by atoms with Crippen molar-refractivity contribution in [2.75, 3.05) is 19.8 Å². The van der Waals surface area contributed by atoms with Crippen molar-refractivity contribution < 1.29 is 9.84 Å². The number of aliphatic hydroxyl groups excluding tert-OH is 1. The van der Waals surface area contributed by atoms with Crippen LogP contribution in [0.5, 0.6) is 0 Å². The lowest BCUT2D eigenvalue weighted by Gasteiger charge is -2.02. The van der Waals surface area contributed by atoms with Crippen molar-refractivity contribution in [1.29, 1.82) is 0 Å². The van der Waals surface area contributed by atoms with Crippen LogP contribution >= 0.6 is 0 Å². The molecular weight excluding hydrogens is 164 g/mol. The molecular formula is C11H16O2. The molecule has 13 heavy (non-hydrogen) atoms. The second kappa shape index (κ2) is 6.63. The highest BCUT2D eigenvalue weighted by atomic mass is 16.5. The van der Waals surface area contributed by atoms with Crippen LogP contribution in [0.1, 0.15) is 12.0 Å². The predicted molar refractivity (Wildman–Crippen MR) is 52.7 cm³/mol. The lowest BCUT2D eigenvalue weighted by atomic mass is 10.2. The zero-order valence-corrected chi connectivity index (χ0v) is 7.78. The highest BCUT2D eigenvalue weighted by Gasteiger charge is 1.91. The zero-order valence-electron chi connectivity index (χ0n) is 7.78. The van der Waals surface area contributed by atoms with Gasteiger partial charge in [-0.25, -0.2) is 0 Å². The third kappa shape index (κ3) is 4.65. The lowest BCUT2D eigenvalue weighted by Crippen LogP contribution is -2.01. The minimum Gasteiger partial charge on any atom is -0.396 e. The topological polar surface area (TPSA) is 29.5 Å².